The van der Waals surface area contributed by atoms with Crippen molar-refractivity contribution in [2.45, 2.75) is 26.0 Å². The number of aromatic nitrogens is 2. The van der Waals surface area contributed by atoms with Crippen molar-refractivity contribution < 1.29 is 13.5 Å². The van der Waals surface area contributed by atoms with Gasteiger partial charge in [0.2, 0.25) is 11.8 Å². The molecule has 24 heavy (non-hydrogen) atoms. The predicted molar refractivity (Wildman–Crippen MR) is 89.3 cm³/mol. The summed E-state index contributed by atoms with van der Waals surface area (Å²) in [5, 5.41) is 15.2. The molecule has 0 saturated carbocycles. The Bertz CT molecular complexity index is 780. The van der Waals surface area contributed by atoms with Crippen LogP contribution in [0.1, 0.15) is 31.1 Å². The Hall–Kier alpha value is -2.53. The fraction of sp³-hybridized carbons (Fsp3) is 0.375. The number of nitriles is 1. The molecule has 0 spiro atoms. The molecule has 126 valence electrons. The lowest BCUT2D eigenvalue weighted by Gasteiger charge is -2.04. The highest BCUT2D eigenvalue weighted by atomic mass is 32.2. The Balaban J connectivity index is 1.86. The van der Waals surface area contributed by atoms with E-state index in [1.54, 1.807) is 24.3 Å². The van der Waals surface area contributed by atoms with Gasteiger partial charge in [0.05, 0.1) is 17.4 Å². The molecule has 2 rings (SSSR count). The average molecular weight is 346 g/mol. The zero-order valence-electron chi connectivity index (χ0n) is 13.5. The second-order valence-electron chi connectivity index (χ2n) is 5.67. The molecule has 0 bridgehead atoms. The minimum absolute atomic E-state index is 0.0627. The molecule has 0 aliphatic carbocycles. The number of carbonyl (C=O) groups is 1. The van der Waals surface area contributed by atoms with Crippen molar-refractivity contribution in [3.8, 4) is 6.07 Å². The Morgan fingerprint density at radius 3 is 2.96 bits per heavy atom. The quantitative estimate of drug-likeness (QED) is 0.821. The average Bonchev–Trinajstić information content (AvgIpc) is 2.93. The highest BCUT2D eigenvalue weighted by Gasteiger charge is 2.14. The summed E-state index contributed by atoms with van der Waals surface area (Å²) in [6.07, 6.45) is 0.662. The van der Waals surface area contributed by atoms with Crippen LogP contribution in [0.5, 0.6) is 0 Å². The fourth-order valence-corrected chi connectivity index (χ4v) is 2.86. The Morgan fingerprint density at radius 1 is 1.46 bits per heavy atom. The molecule has 2 aromatic rings. The van der Waals surface area contributed by atoms with Gasteiger partial charge in [-0.1, -0.05) is 25.1 Å². The van der Waals surface area contributed by atoms with E-state index in [1.807, 2.05) is 19.9 Å². The van der Waals surface area contributed by atoms with Crippen LogP contribution in [0.25, 0.3) is 0 Å². The fourth-order valence-electron chi connectivity index (χ4n) is 1.99. The summed E-state index contributed by atoms with van der Waals surface area (Å²) in [6, 6.07) is 8.52. The van der Waals surface area contributed by atoms with Crippen LogP contribution >= 0.6 is 0 Å². The topological polar surface area (TPSA) is 109 Å². The molecule has 0 fully saturated rings. The van der Waals surface area contributed by atoms with Gasteiger partial charge in [-0.2, -0.15) is 10.2 Å². The van der Waals surface area contributed by atoms with Gasteiger partial charge >= 0.3 is 0 Å². The van der Waals surface area contributed by atoms with Gasteiger partial charge in [0.25, 0.3) is 0 Å². The largest absolute Gasteiger partial charge is 0.339 e. The van der Waals surface area contributed by atoms with E-state index in [2.05, 4.69) is 15.5 Å². The van der Waals surface area contributed by atoms with Gasteiger partial charge in [-0.25, -0.2) is 0 Å². The van der Waals surface area contributed by atoms with Crippen LogP contribution in [0.15, 0.2) is 28.8 Å². The number of anilines is 1. The first kappa shape index (κ1) is 17.8. The van der Waals surface area contributed by atoms with Crippen molar-refractivity contribution in [1.29, 1.82) is 5.26 Å². The third-order valence-electron chi connectivity index (χ3n) is 2.95. The maximum Gasteiger partial charge on any atom is 0.237 e. The molecule has 1 aromatic heterocycles. The normalized spacial score (nSPS) is 11.9. The molecule has 1 heterocycles. The molecule has 0 aliphatic rings. The van der Waals surface area contributed by atoms with Crippen LogP contribution < -0.4 is 5.32 Å². The summed E-state index contributed by atoms with van der Waals surface area (Å²) in [6.45, 7) is 4.07. The third-order valence-corrected chi connectivity index (χ3v) is 4.11. The number of hydrogen-bond donors (Lipinski definition) is 1. The molecule has 1 aromatic carbocycles. The summed E-state index contributed by atoms with van der Waals surface area (Å²) >= 11 is 0. The van der Waals surface area contributed by atoms with E-state index in [0.717, 1.165) is 0 Å². The summed E-state index contributed by atoms with van der Waals surface area (Å²) in [4.78, 5) is 16.1. The second kappa shape index (κ2) is 8.36. The lowest BCUT2D eigenvalue weighted by molar-refractivity contribution is -0.113. The molecule has 0 saturated heterocycles. The van der Waals surface area contributed by atoms with E-state index in [1.165, 1.54) is 0 Å². The van der Waals surface area contributed by atoms with Crippen molar-refractivity contribution in [3.05, 3.63) is 41.5 Å². The number of amides is 1. The number of rotatable bonds is 7. The first-order valence-electron chi connectivity index (χ1n) is 7.42. The van der Waals surface area contributed by atoms with Crippen molar-refractivity contribution in [2.75, 3.05) is 11.1 Å². The van der Waals surface area contributed by atoms with E-state index in [9.17, 15) is 9.00 Å². The van der Waals surface area contributed by atoms with E-state index >= 15 is 0 Å². The number of nitrogens with one attached hydrogen (secondary N) is 1. The molecule has 0 aliphatic heterocycles. The van der Waals surface area contributed by atoms with E-state index in [0.29, 0.717) is 35.3 Å². The maximum atomic E-state index is 12.0. The van der Waals surface area contributed by atoms with Gasteiger partial charge < -0.3 is 9.84 Å². The molecule has 7 nitrogen and oxygen atoms in total. The smallest absolute Gasteiger partial charge is 0.237 e. The summed E-state index contributed by atoms with van der Waals surface area (Å²) in [5.41, 5.74) is 0.938. The minimum atomic E-state index is -1.44. The lowest BCUT2D eigenvalue weighted by atomic mass is 10.1. The van der Waals surface area contributed by atoms with Gasteiger partial charge in [0, 0.05) is 22.9 Å². The number of nitrogens with zero attached hydrogens (tertiary/aromatic N) is 3. The van der Waals surface area contributed by atoms with Gasteiger partial charge in [0.1, 0.15) is 5.75 Å². The molecule has 1 N–H and O–H groups in total. The predicted octanol–water partition coefficient (Wildman–Crippen LogP) is 2.03. The first-order valence-corrected chi connectivity index (χ1v) is 8.91. The van der Waals surface area contributed by atoms with Crippen LogP contribution in [0.4, 0.5) is 5.69 Å². The van der Waals surface area contributed by atoms with Crippen LogP contribution in [-0.4, -0.2) is 26.0 Å². The van der Waals surface area contributed by atoms with Crippen molar-refractivity contribution in [2.24, 2.45) is 5.92 Å². The number of benzene rings is 1. The van der Waals surface area contributed by atoms with E-state index in [4.69, 9.17) is 9.78 Å². The standard InChI is InChI=1S/C16H18N4O3S/c1-11(2)6-16-19-14(20-23-16)9-24(22)10-15(21)18-13-5-3-4-12(7-13)8-17/h3-5,7,11H,6,9-10H2,1-2H3,(H,18,21). The summed E-state index contributed by atoms with van der Waals surface area (Å²) in [7, 11) is -1.44. The summed E-state index contributed by atoms with van der Waals surface area (Å²) in [5.74, 6) is 0.726. The highest BCUT2D eigenvalue weighted by Crippen LogP contribution is 2.10. The van der Waals surface area contributed by atoms with Gasteiger partial charge in [0.15, 0.2) is 5.82 Å². The third kappa shape index (κ3) is 5.59. The lowest BCUT2D eigenvalue weighted by Crippen LogP contribution is -2.20. The highest BCUT2D eigenvalue weighted by molar-refractivity contribution is 7.84. The van der Waals surface area contributed by atoms with Crippen LogP contribution in [0, 0.1) is 17.2 Å². The Labute approximate surface area is 142 Å². The van der Waals surface area contributed by atoms with Crippen LogP contribution in [-0.2, 0) is 27.8 Å². The van der Waals surface area contributed by atoms with E-state index in [-0.39, 0.29) is 11.5 Å². The summed E-state index contributed by atoms with van der Waals surface area (Å²) < 4.78 is 17.1. The molecular formula is C16H18N4O3S. The number of hydrogen-bond acceptors (Lipinski definition) is 6. The minimum Gasteiger partial charge on any atom is -0.339 e. The van der Waals surface area contributed by atoms with Gasteiger partial charge in [-0.15, -0.1) is 0 Å². The first-order chi connectivity index (χ1) is 11.5. The van der Waals surface area contributed by atoms with Crippen LogP contribution in [0.2, 0.25) is 0 Å². The van der Waals surface area contributed by atoms with Crippen LogP contribution in [0.3, 0.4) is 0 Å². The zero-order chi connectivity index (χ0) is 17.5. The SMILES string of the molecule is CC(C)Cc1nc(CS(=O)CC(=O)Nc2cccc(C#N)c2)no1. The molecular weight excluding hydrogens is 328 g/mol. The molecule has 0 radical (unpaired) electrons. The monoisotopic (exact) mass is 346 g/mol. The van der Waals surface area contributed by atoms with Gasteiger partial charge in [-0.3, -0.25) is 9.00 Å². The second-order valence-corrected chi connectivity index (χ2v) is 7.13. The van der Waals surface area contributed by atoms with Crippen molar-refractivity contribution in [1.82, 2.24) is 10.1 Å². The van der Waals surface area contributed by atoms with Gasteiger partial charge in [-0.05, 0) is 24.1 Å². The van der Waals surface area contributed by atoms with Crippen molar-refractivity contribution in [3.63, 3.8) is 0 Å². The maximum absolute atomic E-state index is 12.0. The molecule has 8 heteroatoms. The molecule has 1 atom stereocenters. The Kier molecular flexibility index (Phi) is 6.21. The molecule has 1 amide bonds. The van der Waals surface area contributed by atoms with Crippen molar-refractivity contribution >= 4 is 22.4 Å². The Morgan fingerprint density at radius 2 is 2.25 bits per heavy atom. The zero-order valence-corrected chi connectivity index (χ0v) is 14.3. The number of carbonyl (C=O) groups excluding carboxylic acids is 1. The van der Waals surface area contributed by atoms with E-state index < -0.39 is 16.7 Å². The molecule has 1 unspecified atom stereocenters.